The minimum absolute atomic E-state index is 0.279. The number of hydrogen-bond donors (Lipinski definition) is 1. The predicted octanol–water partition coefficient (Wildman–Crippen LogP) is 4.21. The van der Waals surface area contributed by atoms with Crippen LogP contribution in [0.15, 0.2) is 0 Å². The molecule has 0 aliphatic heterocycles. The molecular formula is C20H32O2. The van der Waals surface area contributed by atoms with Gasteiger partial charge in [-0.25, -0.2) is 0 Å². The molecule has 4 aliphatic rings. The van der Waals surface area contributed by atoms with Crippen molar-refractivity contribution in [1.29, 1.82) is 0 Å². The first kappa shape index (κ1) is 15.2. The van der Waals surface area contributed by atoms with Gasteiger partial charge in [-0.05, 0) is 100 Å². The molecule has 1 N–H and O–H groups in total. The van der Waals surface area contributed by atoms with Gasteiger partial charge in [-0.2, -0.15) is 0 Å². The van der Waals surface area contributed by atoms with Gasteiger partial charge < -0.3 is 5.11 Å². The Morgan fingerprint density at radius 3 is 2.23 bits per heavy atom. The standard InChI is InChI=1S/C20H32O2/c1-12(21)16-6-7-17-14-4-5-18-15(9-11-20(18,3)22)13(14)8-10-19(16,17)2/h13-18,22H,4-11H2,1-3H3/t13-,14+,15+,16+,17-,18+,19+,20+/m0/s1. The quantitative estimate of drug-likeness (QED) is 0.788. The molecule has 0 radical (unpaired) electrons. The van der Waals surface area contributed by atoms with Crippen LogP contribution in [-0.4, -0.2) is 16.5 Å². The molecule has 2 nitrogen and oxygen atoms in total. The van der Waals surface area contributed by atoms with Crippen molar-refractivity contribution in [2.24, 2.45) is 40.9 Å². The van der Waals surface area contributed by atoms with Gasteiger partial charge in [0.15, 0.2) is 0 Å². The van der Waals surface area contributed by atoms with Gasteiger partial charge in [0.2, 0.25) is 0 Å². The topological polar surface area (TPSA) is 37.3 Å². The van der Waals surface area contributed by atoms with E-state index >= 15 is 0 Å². The Morgan fingerprint density at radius 1 is 0.864 bits per heavy atom. The van der Waals surface area contributed by atoms with E-state index in [-0.39, 0.29) is 5.41 Å². The molecule has 0 heterocycles. The van der Waals surface area contributed by atoms with Crippen molar-refractivity contribution in [3.8, 4) is 0 Å². The summed E-state index contributed by atoms with van der Waals surface area (Å²) in [7, 11) is 0. The number of ketones is 1. The summed E-state index contributed by atoms with van der Waals surface area (Å²) in [5, 5.41) is 10.7. The van der Waals surface area contributed by atoms with Crippen LogP contribution in [-0.2, 0) is 4.79 Å². The van der Waals surface area contributed by atoms with Gasteiger partial charge >= 0.3 is 0 Å². The lowest BCUT2D eigenvalue weighted by Gasteiger charge is -2.54. The first-order valence-electron chi connectivity index (χ1n) is 9.57. The molecule has 4 rings (SSSR count). The van der Waals surface area contributed by atoms with Crippen LogP contribution >= 0.6 is 0 Å². The summed E-state index contributed by atoms with van der Waals surface area (Å²) in [6.45, 7) is 6.31. The molecule has 0 aromatic rings. The maximum absolute atomic E-state index is 12.1. The number of carbonyl (C=O) groups excluding carboxylic acids is 1. The molecule has 0 unspecified atom stereocenters. The lowest BCUT2D eigenvalue weighted by atomic mass is 9.51. The Bertz CT molecular complexity index is 482. The third kappa shape index (κ3) is 1.92. The average molecular weight is 304 g/mol. The minimum Gasteiger partial charge on any atom is -0.390 e. The van der Waals surface area contributed by atoms with Crippen LogP contribution in [0.1, 0.15) is 72.1 Å². The molecule has 0 bridgehead atoms. The molecule has 0 aromatic carbocycles. The molecule has 4 saturated carbocycles. The van der Waals surface area contributed by atoms with Crippen molar-refractivity contribution in [1.82, 2.24) is 0 Å². The van der Waals surface area contributed by atoms with Gasteiger partial charge in [-0.3, -0.25) is 4.79 Å². The van der Waals surface area contributed by atoms with Crippen LogP contribution in [0, 0.1) is 40.9 Å². The molecule has 4 aliphatic carbocycles. The van der Waals surface area contributed by atoms with Crippen LogP contribution in [0.4, 0.5) is 0 Å². The van der Waals surface area contributed by atoms with Crippen molar-refractivity contribution in [3.63, 3.8) is 0 Å². The summed E-state index contributed by atoms with van der Waals surface area (Å²) in [5.74, 6) is 4.49. The third-order valence-corrected chi connectivity index (χ3v) is 8.64. The van der Waals surface area contributed by atoms with Gasteiger partial charge in [0, 0.05) is 5.92 Å². The zero-order valence-electron chi connectivity index (χ0n) is 14.5. The average Bonchev–Trinajstić information content (AvgIpc) is 2.96. The number of Topliss-reactive ketones (excluding diaryl/α,β-unsaturated/α-hetero) is 1. The number of aliphatic hydroxyl groups is 1. The second-order valence-corrected chi connectivity index (χ2v) is 9.46. The van der Waals surface area contributed by atoms with E-state index in [0.717, 1.165) is 36.5 Å². The number of carbonyl (C=O) groups is 1. The SMILES string of the molecule is CC(=O)[C@H]1CC[C@H]2[C@@H]3CC[C@@H]4[C@H](CC[C@@]4(C)O)[C@H]3CC[C@]12C. The van der Waals surface area contributed by atoms with Crippen LogP contribution in [0.3, 0.4) is 0 Å². The highest BCUT2D eigenvalue weighted by Crippen LogP contribution is 2.65. The zero-order chi connectivity index (χ0) is 15.7. The highest BCUT2D eigenvalue weighted by Gasteiger charge is 2.60. The zero-order valence-corrected chi connectivity index (χ0v) is 14.5. The highest BCUT2D eigenvalue weighted by molar-refractivity contribution is 5.79. The van der Waals surface area contributed by atoms with Crippen molar-refractivity contribution in [2.75, 3.05) is 0 Å². The Hall–Kier alpha value is -0.370. The van der Waals surface area contributed by atoms with Gasteiger partial charge in [-0.1, -0.05) is 6.92 Å². The van der Waals surface area contributed by atoms with Crippen molar-refractivity contribution in [2.45, 2.75) is 77.7 Å². The summed E-state index contributed by atoms with van der Waals surface area (Å²) in [5.41, 5.74) is -0.130. The van der Waals surface area contributed by atoms with E-state index in [1.54, 1.807) is 0 Å². The molecule has 0 aromatic heterocycles. The largest absolute Gasteiger partial charge is 0.390 e. The third-order valence-electron chi connectivity index (χ3n) is 8.64. The van der Waals surface area contributed by atoms with E-state index < -0.39 is 5.60 Å². The van der Waals surface area contributed by atoms with Gasteiger partial charge in [-0.15, -0.1) is 0 Å². The van der Waals surface area contributed by atoms with E-state index in [2.05, 4.69) is 13.8 Å². The Labute approximate surface area is 135 Å². The fourth-order valence-corrected chi connectivity index (χ4v) is 7.65. The summed E-state index contributed by atoms with van der Waals surface area (Å²) >= 11 is 0. The lowest BCUT2D eigenvalue weighted by Crippen LogP contribution is -2.49. The minimum atomic E-state index is -0.409. The molecule has 124 valence electrons. The lowest BCUT2D eigenvalue weighted by molar-refractivity contribution is -0.128. The fraction of sp³-hybridized carbons (Fsp3) is 0.950. The van der Waals surface area contributed by atoms with Crippen LogP contribution in [0.5, 0.6) is 0 Å². The second kappa shape index (κ2) is 4.82. The molecule has 0 amide bonds. The fourth-order valence-electron chi connectivity index (χ4n) is 7.65. The maximum Gasteiger partial charge on any atom is 0.133 e. The highest BCUT2D eigenvalue weighted by atomic mass is 16.3. The Morgan fingerprint density at radius 2 is 1.50 bits per heavy atom. The van der Waals surface area contributed by atoms with E-state index in [4.69, 9.17) is 0 Å². The monoisotopic (exact) mass is 304 g/mol. The normalized spacial score (nSPS) is 57.1. The van der Waals surface area contributed by atoms with Crippen molar-refractivity contribution >= 4 is 5.78 Å². The molecule has 4 fully saturated rings. The molecule has 0 spiro atoms. The second-order valence-electron chi connectivity index (χ2n) is 9.46. The molecule has 0 saturated heterocycles. The maximum atomic E-state index is 12.1. The summed E-state index contributed by atoms with van der Waals surface area (Å²) in [6.07, 6.45) is 9.71. The van der Waals surface area contributed by atoms with Gasteiger partial charge in [0.1, 0.15) is 5.78 Å². The molecule has 22 heavy (non-hydrogen) atoms. The number of rotatable bonds is 1. The Kier molecular flexibility index (Phi) is 3.32. The van der Waals surface area contributed by atoms with Crippen LogP contribution < -0.4 is 0 Å². The van der Waals surface area contributed by atoms with E-state index in [1.165, 1.54) is 38.5 Å². The molecule has 2 heteroatoms. The van der Waals surface area contributed by atoms with Crippen molar-refractivity contribution in [3.05, 3.63) is 0 Å². The first-order valence-corrected chi connectivity index (χ1v) is 9.57. The number of hydrogen-bond acceptors (Lipinski definition) is 2. The van der Waals surface area contributed by atoms with Gasteiger partial charge in [0.25, 0.3) is 0 Å². The van der Waals surface area contributed by atoms with Crippen LogP contribution in [0.2, 0.25) is 0 Å². The Balaban J connectivity index is 1.60. The van der Waals surface area contributed by atoms with E-state index in [0.29, 0.717) is 17.6 Å². The molecule has 8 atom stereocenters. The summed E-state index contributed by atoms with van der Waals surface area (Å²) in [4.78, 5) is 12.1. The van der Waals surface area contributed by atoms with E-state index in [9.17, 15) is 9.90 Å². The predicted molar refractivity (Wildman–Crippen MR) is 87.3 cm³/mol. The first-order chi connectivity index (χ1) is 10.3. The van der Waals surface area contributed by atoms with E-state index in [1.807, 2.05) is 6.92 Å². The summed E-state index contributed by atoms with van der Waals surface area (Å²) < 4.78 is 0. The van der Waals surface area contributed by atoms with Crippen LogP contribution in [0.25, 0.3) is 0 Å². The van der Waals surface area contributed by atoms with Gasteiger partial charge in [0.05, 0.1) is 5.60 Å². The smallest absolute Gasteiger partial charge is 0.133 e. The summed E-state index contributed by atoms with van der Waals surface area (Å²) in [6, 6.07) is 0. The number of fused-ring (bicyclic) bond motifs is 5. The van der Waals surface area contributed by atoms with Crippen molar-refractivity contribution < 1.29 is 9.90 Å². The molecular weight excluding hydrogens is 272 g/mol.